The van der Waals surface area contributed by atoms with Crippen LogP contribution in [0.5, 0.6) is 0 Å². The minimum atomic E-state index is -1.20. The number of benzene rings is 2. The van der Waals surface area contributed by atoms with Crippen LogP contribution in [0.15, 0.2) is 67.3 Å². The van der Waals surface area contributed by atoms with Crippen LogP contribution in [0.2, 0.25) is 0 Å². The number of aromatic nitrogens is 4. The molecule has 2 aromatic carbocycles. The first kappa shape index (κ1) is 24.7. The van der Waals surface area contributed by atoms with E-state index in [2.05, 4.69) is 56.1 Å². The average molecular weight is 504 g/mol. The summed E-state index contributed by atoms with van der Waals surface area (Å²) in [6.07, 6.45) is 7.33. The van der Waals surface area contributed by atoms with E-state index in [0.717, 1.165) is 60.3 Å². The highest BCUT2D eigenvalue weighted by atomic mass is 32.2. The molecule has 7 nitrogen and oxygen atoms in total. The van der Waals surface area contributed by atoms with Gasteiger partial charge in [0.2, 0.25) is 0 Å². The lowest BCUT2D eigenvalue weighted by atomic mass is 9.98. The van der Waals surface area contributed by atoms with E-state index in [1.165, 1.54) is 5.56 Å². The van der Waals surface area contributed by atoms with Gasteiger partial charge in [0.25, 0.3) is 0 Å². The first-order valence-electron chi connectivity index (χ1n) is 12.5. The molecule has 1 aliphatic heterocycles. The van der Waals surface area contributed by atoms with Crippen LogP contribution in [0.3, 0.4) is 0 Å². The van der Waals surface area contributed by atoms with E-state index in [1.54, 1.807) is 6.33 Å². The Balaban J connectivity index is 1.44. The first-order valence-corrected chi connectivity index (χ1v) is 13.7. The van der Waals surface area contributed by atoms with Crippen LogP contribution in [-0.2, 0) is 22.1 Å². The Bertz CT molecular complexity index is 1330. The third-order valence-electron chi connectivity index (χ3n) is 6.50. The van der Waals surface area contributed by atoms with E-state index < -0.39 is 11.0 Å². The van der Waals surface area contributed by atoms with Gasteiger partial charge in [-0.05, 0) is 57.6 Å². The van der Waals surface area contributed by atoms with Crippen molar-refractivity contribution in [2.24, 2.45) is 0 Å². The summed E-state index contributed by atoms with van der Waals surface area (Å²) in [5, 5.41) is 0. The number of ether oxygens (including phenoxy) is 1. The van der Waals surface area contributed by atoms with E-state index in [1.807, 2.05) is 49.9 Å². The molecule has 2 aromatic heterocycles. The lowest BCUT2D eigenvalue weighted by Gasteiger charge is -2.25. The molecular formula is C28H33N5O2S. The topological polar surface area (TPSA) is 81.9 Å². The second-order valence-corrected chi connectivity index (χ2v) is 12.2. The molecule has 1 saturated heterocycles. The van der Waals surface area contributed by atoms with Crippen molar-refractivity contribution in [1.29, 1.82) is 0 Å². The van der Waals surface area contributed by atoms with Gasteiger partial charge >= 0.3 is 0 Å². The fourth-order valence-electron chi connectivity index (χ4n) is 4.47. The zero-order valence-corrected chi connectivity index (χ0v) is 21.9. The largest absolute Gasteiger partial charge is 0.358 e. The van der Waals surface area contributed by atoms with Gasteiger partial charge in [0.05, 0.1) is 22.1 Å². The molecule has 8 heteroatoms. The monoisotopic (exact) mass is 503 g/mol. The van der Waals surface area contributed by atoms with Crippen LogP contribution in [0.25, 0.3) is 22.4 Å². The Morgan fingerprint density at radius 1 is 1.06 bits per heavy atom. The number of hydrogen-bond donors (Lipinski definition) is 1. The molecule has 0 saturated carbocycles. The van der Waals surface area contributed by atoms with Gasteiger partial charge in [0.15, 0.2) is 5.65 Å². The molecule has 3 unspecified atom stereocenters. The van der Waals surface area contributed by atoms with Crippen LogP contribution < -0.4 is 4.72 Å². The van der Waals surface area contributed by atoms with Gasteiger partial charge < -0.3 is 4.74 Å². The zero-order valence-electron chi connectivity index (χ0n) is 21.1. The molecule has 0 spiro atoms. The lowest BCUT2D eigenvalue weighted by Crippen LogP contribution is -2.36. The third kappa shape index (κ3) is 5.40. The lowest BCUT2D eigenvalue weighted by molar-refractivity contribution is -0.0298. The van der Waals surface area contributed by atoms with Gasteiger partial charge in [-0.3, -0.25) is 4.57 Å². The maximum absolute atomic E-state index is 13.0. The van der Waals surface area contributed by atoms with Crippen molar-refractivity contribution < 1.29 is 8.95 Å². The molecule has 0 radical (unpaired) electrons. The fraction of sp³-hybridized carbons (Fsp3) is 0.393. The van der Waals surface area contributed by atoms with E-state index in [9.17, 15) is 4.21 Å². The molecule has 36 heavy (non-hydrogen) atoms. The summed E-state index contributed by atoms with van der Waals surface area (Å²) in [5.74, 6) is 0. The van der Waals surface area contributed by atoms with Crippen LogP contribution >= 0.6 is 0 Å². The van der Waals surface area contributed by atoms with Gasteiger partial charge in [-0.25, -0.2) is 23.9 Å². The van der Waals surface area contributed by atoms with Crippen molar-refractivity contribution in [2.75, 3.05) is 6.61 Å². The second-order valence-electron chi connectivity index (χ2n) is 10.2. The molecule has 0 bridgehead atoms. The molecule has 1 N–H and O–H groups in total. The number of nitrogens with zero attached hydrogens (tertiary/aromatic N) is 4. The van der Waals surface area contributed by atoms with Crippen molar-refractivity contribution in [3.05, 3.63) is 78.4 Å². The Hall–Kier alpha value is -2.94. The summed E-state index contributed by atoms with van der Waals surface area (Å²) in [6, 6.07) is 18.5. The van der Waals surface area contributed by atoms with Gasteiger partial charge in [-0.1, -0.05) is 54.6 Å². The Morgan fingerprint density at radius 3 is 2.53 bits per heavy atom. The molecule has 5 rings (SSSR count). The Morgan fingerprint density at radius 2 is 1.83 bits per heavy atom. The quantitative estimate of drug-likeness (QED) is 0.359. The maximum Gasteiger partial charge on any atom is 0.165 e. The van der Waals surface area contributed by atoms with Crippen molar-refractivity contribution in [1.82, 2.24) is 24.2 Å². The van der Waals surface area contributed by atoms with Crippen molar-refractivity contribution in [2.45, 2.75) is 63.5 Å². The molecule has 1 fully saturated rings. The summed E-state index contributed by atoms with van der Waals surface area (Å²) in [5.41, 5.74) is 5.60. The van der Waals surface area contributed by atoms with Gasteiger partial charge in [-0.15, -0.1) is 0 Å². The summed E-state index contributed by atoms with van der Waals surface area (Å²) in [6.45, 7) is 6.71. The predicted octanol–water partition coefficient (Wildman–Crippen LogP) is 5.53. The summed E-state index contributed by atoms with van der Waals surface area (Å²) in [7, 11) is -1.20. The maximum atomic E-state index is 13.0. The van der Waals surface area contributed by atoms with Crippen LogP contribution in [0, 0.1) is 0 Å². The molecule has 4 aromatic rings. The minimum absolute atomic E-state index is 0.0256. The number of nitrogens with one attached hydrogen (secondary N) is 1. The predicted molar refractivity (Wildman–Crippen MR) is 144 cm³/mol. The standard InChI is InChI=1S/C28H33N5O2S/c1-28(2,3)36(34)32-23(17-20-9-5-4-6-10-20)21-12-14-22(15-13-21)25-26-27(30-18-29-25)33(19-31-26)24-11-7-8-16-35-24/h4-6,9-10,12-15,18-19,23-24,32H,7-8,11,16-17H2,1-3H3. The van der Waals surface area contributed by atoms with Gasteiger partial charge in [-0.2, -0.15) is 0 Å². The number of rotatable bonds is 7. The van der Waals surface area contributed by atoms with E-state index in [0.29, 0.717) is 0 Å². The second kappa shape index (κ2) is 10.6. The zero-order chi connectivity index (χ0) is 25.1. The minimum Gasteiger partial charge on any atom is -0.358 e. The molecule has 3 atom stereocenters. The normalized spacial score (nSPS) is 18.2. The smallest absolute Gasteiger partial charge is 0.165 e. The molecular weight excluding hydrogens is 470 g/mol. The Labute approximate surface area is 214 Å². The van der Waals surface area contributed by atoms with E-state index in [4.69, 9.17) is 4.74 Å². The molecule has 0 amide bonds. The van der Waals surface area contributed by atoms with Crippen molar-refractivity contribution in [3.8, 4) is 11.3 Å². The third-order valence-corrected chi connectivity index (χ3v) is 8.11. The highest BCUT2D eigenvalue weighted by molar-refractivity contribution is 7.84. The van der Waals surface area contributed by atoms with E-state index in [-0.39, 0.29) is 17.0 Å². The number of hydrogen-bond acceptors (Lipinski definition) is 5. The average Bonchev–Trinajstić information content (AvgIpc) is 3.33. The first-order chi connectivity index (χ1) is 17.4. The van der Waals surface area contributed by atoms with Crippen LogP contribution in [0.4, 0.5) is 0 Å². The van der Waals surface area contributed by atoms with Crippen LogP contribution in [-0.4, -0.2) is 35.1 Å². The highest BCUT2D eigenvalue weighted by Crippen LogP contribution is 2.30. The SMILES string of the molecule is CC(C)(C)S(=O)NC(Cc1ccccc1)c1ccc(-c2ncnc3c2ncn3C2CCCCO2)cc1. The summed E-state index contributed by atoms with van der Waals surface area (Å²) < 4.78 is 24.0. The van der Waals surface area contributed by atoms with Gasteiger partial charge in [0, 0.05) is 18.2 Å². The molecule has 0 aliphatic carbocycles. The highest BCUT2D eigenvalue weighted by Gasteiger charge is 2.24. The van der Waals surface area contributed by atoms with E-state index >= 15 is 0 Å². The van der Waals surface area contributed by atoms with Crippen molar-refractivity contribution in [3.63, 3.8) is 0 Å². The van der Waals surface area contributed by atoms with Crippen molar-refractivity contribution >= 4 is 22.1 Å². The molecule has 3 heterocycles. The molecule has 188 valence electrons. The van der Waals surface area contributed by atoms with Crippen LogP contribution in [0.1, 0.15) is 63.4 Å². The molecule has 1 aliphatic rings. The number of imidazole rings is 1. The summed E-state index contributed by atoms with van der Waals surface area (Å²) >= 11 is 0. The summed E-state index contributed by atoms with van der Waals surface area (Å²) in [4.78, 5) is 13.7. The fourth-order valence-corrected chi connectivity index (χ4v) is 5.31. The Kier molecular flexibility index (Phi) is 7.27. The number of fused-ring (bicyclic) bond motifs is 1. The van der Waals surface area contributed by atoms with Gasteiger partial charge in [0.1, 0.15) is 23.8 Å².